The van der Waals surface area contributed by atoms with Crippen molar-refractivity contribution >= 4 is 29.9 Å². The predicted octanol–water partition coefficient (Wildman–Crippen LogP) is 3.68. The Balaban J connectivity index is 0.00000392. The summed E-state index contributed by atoms with van der Waals surface area (Å²) >= 11 is 0. The third-order valence-electron chi connectivity index (χ3n) is 5.14. The first-order chi connectivity index (χ1) is 12.8. The molecule has 0 bridgehead atoms. The average Bonchev–Trinajstić information content (AvgIpc) is 3.17. The monoisotopic (exact) mass is 504 g/mol. The molecular formula is C21H41IN6. The molecule has 1 fully saturated rings. The van der Waals surface area contributed by atoms with Gasteiger partial charge in [-0.3, -0.25) is 14.6 Å². The molecule has 162 valence electrons. The molecule has 0 saturated carbocycles. The van der Waals surface area contributed by atoms with Crippen LogP contribution in [0.15, 0.2) is 11.2 Å². The van der Waals surface area contributed by atoms with Crippen LogP contribution in [0.3, 0.4) is 0 Å². The zero-order valence-corrected chi connectivity index (χ0v) is 21.2. The second-order valence-electron chi connectivity index (χ2n) is 8.60. The Morgan fingerprint density at radius 1 is 1.36 bits per heavy atom. The topological polar surface area (TPSA) is 48.7 Å². The van der Waals surface area contributed by atoms with Crippen molar-refractivity contribution in [2.24, 2.45) is 18.0 Å². The first-order valence-corrected chi connectivity index (χ1v) is 10.6. The van der Waals surface area contributed by atoms with Crippen LogP contribution in [-0.4, -0.2) is 64.8 Å². The second-order valence-corrected chi connectivity index (χ2v) is 8.60. The van der Waals surface area contributed by atoms with Gasteiger partial charge in [0, 0.05) is 51.5 Å². The molecule has 1 aromatic heterocycles. The maximum absolute atomic E-state index is 4.99. The van der Waals surface area contributed by atoms with Crippen molar-refractivity contribution in [3.05, 3.63) is 17.5 Å². The number of hydrogen-bond acceptors (Lipinski definition) is 3. The van der Waals surface area contributed by atoms with Gasteiger partial charge < -0.3 is 10.2 Å². The lowest BCUT2D eigenvalue weighted by atomic mass is 10.1. The number of rotatable bonds is 8. The number of nitrogens with zero attached hydrogens (tertiary/aromatic N) is 5. The van der Waals surface area contributed by atoms with Gasteiger partial charge in [-0.05, 0) is 38.1 Å². The maximum Gasteiger partial charge on any atom is 0.194 e. The Kier molecular flexibility index (Phi) is 10.8. The van der Waals surface area contributed by atoms with E-state index in [1.54, 1.807) is 0 Å². The number of likely N-dealkylation sites (tertiary alicyclic amines) is 1. The van der Waals surface area contributed by atoms with E-state index in [-0.39, 0.29) is 24.0 Å². The van der Waals surface area contributed by atoms with Gasteiger partial charge in [-0.15, -0.1) is 24.0 Å². The Hall–Kier alpha value is -0.830. The van der Waals surface area contributed by atoms with Crippen molar-refractivity contribution in [2.75, 3.05) is 33.2 Å². The molecule has 0 spiro atoms. The molecule has 0 amide bonds. The minimum atomic E-state index is 0. The quantitative estimate of drug-likeness (QED) is 0.334. The van der Waals surface area contributed by atoms with Crippen LogP contribution in [0.1, 0.15) is 64.6 Å². The number of halogens is 1. The highest BCUT2D eigenvalue weighted by Crippen LogP contribution is 2.20. The first-order valence-electron chi connectivity index (χ1n) is 10.6. The van der Waals surface area contributed by atoms with Gasteiger partial charge >= 0.3 is 0 Å². The summed E-state index contributed by atoms with van der Waals surface area (Å²) in [6.45, 7) is 16.1. The summed E-state index contributed by atoms with van der Waals surface area (Å²) in [5, 5.41) is 8.11. The molecule has 1 N–H and O–H groups in total. The Labute approximate surface area is 189 Å². The van der Waals surface area contributed by atoms with Gasteiger partial charge in [0.1, 0.15) is 0 Å². The zero-order valence-electron chi connectivity index (χ0n) is 18.9. The molecule has 2 heterocycles. The molecule has 1 atom stereocenters. The fourth-order valence-electron chi connectivity index (χ4n) is 3.97. The number of nitrogens with one attached hydrogen (secondary N) is 1. The molecule has 0 radical (unpaired) electrons. The minimum absolute atomic E-state index is 0. The van der Waals surface area contributed by atoms with Crippen LogP contribution in [0, 0.1) is 5.92 Å². The molecule has 1 saturated heterocycles. The average molecular weight is 505 g/mol. The van der Waals surface area contributed by atoms with Gasteiger partial charge in [0.05, 0.1) is 12.2 Å². The third kappa shape index (κ3) is 7.21. The number of aryl methyl sites for hydroxylation is 1. The van der Waals surface area contributed by atoms with E-state index < -0.39 is 0 Å². The van der Waals surface area contributed by atoms with Crippen molar-refractivity contribution in [2.45, 2.75) is 66.0 Å². The van der Waals surface area contributed by atoms with Gasteiger partial charge in [-0.25, -0.2) is 0 Å². The molecule has 2 rings (SSSR count). The van der Waals surface area contributed by atoms with E-state index in [0.29, 0.717) is 17.9 Å². The normalized spacial score (nSPS) is 18.0. The van der Waals surface area contributed by atoms with Gasteiger partial charge in [0.2, 0.25) is 0 Å². The molecule has 1 aliphatic rings. The van der Waals surface area contributed by atoms with Crippen LogP contribution in [0.4, 0.5) is 0 Å². The molecule has 1 aromatic rings. The van der Waals surface area contributed by atoms with E-state index in [0.717, 1.165) is 25.6 Å². The van der Waals surface area contributed by atoms with E-state index in [1.165, 1.54) is 37.2 Å². The van der Waals surface area contributed by atoms with Crippen molar-refractivity contribution in [1.82, 2.24) is 24.9 Å². The highest BCUT2D eigenvalue weighted by molar-refractivity contribution is 14.0. The fraction of sp³-hybridized carbons (Fsp3) is 0.810. The van der Waals surface area contributed by atoms with Crippen LogP contribution in [-0.2, 0) is 13.6 Å². The van der Waals surface area contributed by atoms with Crippen LogP contribution < -0.4 is 5.32 Å². The van der Waals surface area contributed by atoms with Gasteiger partial charge in [0.15, 0.2) is 5.96 Å². The minimum Gasteiger partial charge on any atom is -0.357 e. The van der Waals surface area contributed by atoms with Gasteiger partial charge in [0.25, 0.3) is 0 Å². The molecule has 0 aliphatic carbocycles. The molecule has 6 nitrogen and oxygen atoms in total. The van der Waals surface area contributed by atoms with E-state index >= 15 is 0 Å². The van der Waals surface area contributed by atoms with Gasteiger partial charge in [-0.1, -0.05) is 27.7 Å². The van der Waals surface area contributed by atoms with Crippen molar-refractivity contribution in [3.8, 4) is 0 Å². The van der Waals surface area contributed by atoms with E-state index in [1.807, 2.05) is 11.7 Å². The molecule has 7 heteroatoms. The first kappa shape index (κ1) is 25.2. The summed E-state index contributed by atoms with van der Waals surface area (Å²) in [6.07, 6.45) is 4.70. The Morgan fingerprint density at radius 2 is 2.07 bits per heavy atom. The second kappa shape index (κ2) is 12.0. The standard InChI is InChI=1S/C21H40N6.HI/c1-8-22-21(23-12-19-10-9-11-27(19)13-16(2)3)25(6)14-18-15-26(7)24-20(18)17(4)5;/h15-17,19H,8-14H2,1-7H3,(H,22,23);1H/t19-;/m1./s1. The van der Waals surface area contributed by atoms with Crippen LogP contribution >= 0.6 is 24.0 Å². The van der Waals surface area contributed by atoms with Crippen molar-refractivity contribution < 1.29 is 0 Å². The summed E-state index contributed by atoms with van der Waals surface area (Å²) in [7, 11) is 4.12. The molecule has 1 aliphatic heterocycles. The number of aromatic nitrogens is 2. The lowest BCUT2D eigenvalue weighted by molar-refractivity contribution is 0.230. The highest BCUT2D eigenvalue weighted by atomic mass is 127. The van der Waals surface area contributed by atoms with Crippen LogP contribution in [0.25, 0.3) is 0 Å². The molecule has 0 aromatic carbocycles. The number of guanidine groups is 1. The van der Waals surface area contributed by atoms with Crippen LogP contribution in [0.2, 0.25) is 0 Å². The SMILES string of the molecule is CCNC(=NC[C@H]1CCCN1CC(C)C)N(C)Cc1cn(C)nc1C(C)C.I. The van der Waals surface area contributed by atoms with Gasteiger partial charge in [-0.2, -0.15) is 5.10 Å². The zero-order chi connectivity index (χ0) is 20.0. The summed E-state index contributed by atoms with van der Waals surface area (Å²) in [5.74, 6) is 2.13. The largest absolute Gasteiger partial charge is 0.357 e. The maximum atomic E-state index is 4.99. The summed E-state index contributed by atoms with van der Waals surface area (Å²) in [4.78, 5) is 9.84. The third-order valence-corrected chi connectivity index (χ3v) is 5.14. The summed E-state index contributed by atoms with van der Waals surface area (Å²) < 4.78 is 1.92. The summed E-state index contributed by atoms with van der Waals surface area (Å²) in [6, 6.07) is 0.582. The van der Waals surface area contributed by atoms with E-state index in [4.69, 9.17) is 4.99 Å². The molecule has 28 heavy (non-hydrogen) atoms. The lowest BCUT2D eigenvalue weighted by Crippen LogP contribution is -2.40. The molecule has 0 unspecified atom stereocenters. The predicted molar refractivity (Wildman–Crippen MR) is 130 cm³/mol. The number of aliphatic imine (C=N–C) groups is 1. The fourth-order valence-corrected chi connectivity index (χ4v) is 3.97. The Morgan fingerprint density at radius 3 is 2.68 bits per heavy atom. The smallest absolute Gasteiger partial charge is 0.194 e. The van der Waals surface area contributed by atoms with Crippen molar-refractivity contribution in [1.29, 1.82) is 0 Å². The van der Waals surface area contributed by atoms with Crippen LogP contribution in [0.5, 0.6) is 0 Å². The molecular weight excluding hydrogens is 463 g/mol. The van der Waals surface area contributed by atoms with Crippen molar-refractivity contribution in [3.63, 3.8) is 0 Å². The van der Waals surface area contributed by atoms with E-state index in [2.05, 4.69) is 68.1 Å². The van der Waals surface area contributed by atoms with E-state index in [9.17, 15) is 0 Å². The lowest BCUT2D eigenvalue weighted by Gasteiger charge is -2.26. The summed E-state index contributed by atoms with van der Waals surface area (Å²) in [5.41, 5.74) is 2.46. The number of hydrogen-bond donors (Lipinski definition) is 1. The highest BCUT2D eigenvalue weighted by Gasteiger charge is 2.25. The Bertz CT molecular complexity index is 610.